The van der Waals surface area contributed by atoms with Gasteiger partial charge in [-0.3, -0.25) is 4.98 Å². The van der Waals surface area contributed by atoms with Crippen LogP contribution in [-0.4, -0.2) is 10.1 Å². The molecule has 1 heterocycles. The molecule has 1 aromatic heterocycles. The average Bonchev–Trinajstić information content (AvgIpc) is 2.39. The second kappa shape index (κ2) is 4.93. The molecule has 0 bridgehead atoms. The van der Waals surface area contributed by atoms with E-state index in [1.807, 2.05) is 54.6 Å². The largest absolute Gasteiger partial charge is 0.380 e. The highest BCUT2D eigenvalue weighted by molar-refractivity contribution is 5.50. The lowest BCUT2D eigenvalue weighted by atomic mass is 10.00. The van der Waals surface area contributed by atoms with Crippen LogP contribution in [0.15, 0.2) is 60.8 Å². The molecule has 0 aliphatic rings. The van der Waals surface area contributed by atoms with Crippen LogP contribution in [0.25, 0.3) is 6.08 Å². The van der Waals surface area contributed by atoms with E-state index in [9.17, 15) is 5.11 Å². The van der Waals surface area contributed by atoms with Gasteiger partial charge in [0.25, 0.3) is 0 Å². The summed E-state index contributed by atoms with van der Waals surface area (Å²) in [4.78, 5) is 4.16. The van der Waals surface area contributed by atoms with E-state index in [2.05, 4.69) is 4.98 Å². The maximum absolute atomic E-state index is 10.3. The van der Waals surface area contributed by atoms with Crippen LogP contribution in [0.4, 0.5) is 0 Å². The number of rotatable bonds is 3. The molecule has 2 rings (SSSR count). The maximum atomic E-state index is 10.3. The lowest BCUT2D eigenvalue weighted by Gasteiger charge is -2.17. The summed E-state index contributed by atoms with van der Waals surface area (Å²) < 4.78 is 0. The fourth-order valence-corrected chi connectivity index (χ4v) is 1.57. The minimum atomic E-state index is -1.04. The summed E-state index contributed by atoms with van der Waals surface area (Å²) >= 11 is 0. The zero-order chi connectivity index (χ0) is 12.1. The quantitative estimate of drug-likeness (QED) is 0.871. The molecule has 1 aromatic carbocycles. The van der Waals surface area contributed by atoms with Crippen LogP contribution in [0.2, 0.25) is 0 Å². The highest BCUT2D eigenvalue weighted by Gasteiger charge is 2.20. The van der Waals surface area contributed by atoms with E-state index in [0.29, 0.717) is 5.69 Å². The first-order chi connectivity index (χ1) is 8.18. The highest BCUT2D eigenvalue weighted by Crippen LogP contribution is 2.20. The number of hydrogen-bond donors (Lipinski definition) is 1. The molecule has 1 atom stereocenters. The Labute approximate surface area is 101 Å². The first kappa shape index (κ1) is 11.6. The monoisotopic (exact) mass is 225 g/mol. The molecule has 0 saturated carbocycles. The van der Waals surface area contributed by atoms with Crippen LogP contribution in [0, 0.1) is 0 Å². The van der Waals surface area contributed by atoms with E-state index in [-0.39, 0.29) is 0 Å². The van der Waals surface area contributed by atoms with Crippen molar-refractivity contribution in [3.8, 4) is 0 Å². The van der Waals surface area contributed by atoms with Gasteiger partial charge in [0.05, 0.1) is 5.69 Å². The van der Waals surface area contributed by atoms with E-state index < -0.39 is 5.60 Å². The molecule has 0 amide bonds. The molecule has 0 saturated heterocycles. The number of aromatic nitrogens is 1. The van der Waals surface area contributed by atoms with E-state index in [0.717, 1.165) is 5.56 Å². The Kier molecular flexibility index (Phi) is 3.35. The number of nitrogens with zero attached hydrogens (tertiary/aromatic N) is 1. The van der Waals surface area contributed by atoms with Crippen LogP contribution in [-0.2, 0) is 5.60 Å². The van der Waals surface area contributed by atoms with Gasteiger partial charge >= 0.3 is 0 Å². The Morgan fingerprint density at radius 3 is 2.41 bits per heavy atom. The van der Waals surface area contributed by atoms with Gasteiger partial charge in [-0.1, -0.05) is 42.5 Å². The maximum Gasteiger partial charge on any atom is 0.122 e. The van der Waals surface area contributed by atoms with Gasteiger partial charge in [0.15, 0.2) is 0 Å². The molecule has 0 aliphatic carbocycles. The summed E-state index contributed by atoms with van der Waals surface area (Å²) in [6.45, 7) is 1.73. The van der Waals surface area contributed by atoms with Crippen LogP contribution in [0.1, 0.15) is 18.2 Å². The molecule has 2 heteroatoms. The molecular weight excluding hydrogens is 210 g/mol. The van der Waals surface area contributed by atoms with Crippen LogP contribution in [0.5, 0.6) is 0 Å². The minimum absolute atomic E-state index is 0.646. The van der Waals surface area contributed by atoms with Gasteiger partial charge in [-0.2, -0.15) is 0 Å². The molecule has 0 aliphatic heterocycles. The number of benzene rings is 1. The van der Waals surface area contributed by atoms with Crippen molar-refractivity contribution in [2.75, 3.05) is 0 Å². The third-order valence-corrected chi connectivity index (χ3v) is 2.58. The van der Waals surface area contributed by atoms with Gasteiger partial charge < -0.3 is 5.11 Å². The van der Waals surface area contributed by atoms with Gasteiger partial charge in [0, 0.05) is 6.20 Å². The van der Waals surface area contributed by atoms with Crippen molar-refractivity contribution in [3.05, 3.63) is 72.1 Å². The van der Waals surface area contributed by atoms with E-state index in [1.165, 1.54) is 0 Å². The van der Waals surface area contributed by atoms with Gasteiger partial charge in [-0.25, -0.2) is 0 Å². The summed E-state index contributed by atoms with van der Waals surface area (Å²) in [5.74, 6) is 0. The fourth-order valence-electron chi connectivity index (χ4n) is 1.57. The minimum Gasteiger partial charge on any atom is -0.380 e. The Morgan fingerprint density at radius 2 is 1.76 bits per heavy atom. The molecule has 2 nitrogen and oxygen atoms in total. The third-order valence-electron chi connectivity index (χ3n) is 2.58. The molecule has 1 N–H and O–H groups in total. The molecule has 0 unspecified atom stereocenters. The Hall–Kier alpha value is -1.93. The fraction of sp³-hybridized carbons (Fsp3) is 0.133. The van der Waals surface area contributed by atoms with Crippen molar-refractivity contribution in [3.63, 3.8) is 0 Å². The Balaban J connectivity index is 2.21. The summed E-state index contributed by atoms with van der Waals surface area (Å²) in [6, 6.07) is 15.4. The van der Waals surface area contributed by atoms with Crippen molar-refractivity contribution in [2.24, 2.45) is 0 Å². The number of aliphatic hydroxyl groups is 1. The molecule has 0 radical (unpaired) electrons. The van der Waals surface area contributed by atoms with Crippen molar-refractivity contribution in [2.45, 2.75) is 12.5 Å². The number of pyridine rings is 1. The predicted molar refractivity (Wildman–Crippen MR) is 69.3 cm³/mol. The van der Waals surface area contributed by atoms with Crippen molar-refractivity contribution >= 4 is 6.08 Å². The van der Waals surface area contributed by atoms with Gasteiger partial charge in [-0.15, -0.1) is 0 Å². The lowest BCUT2D eigenvalue weighted by Crippen LogP contribution is -2.19. The predicted octanol–water partition coefficient (Wildman–Crippen LogP) is 3.00. The van der Waals surface area contributed by atoms with Crippen LogP contribution in [0.3, 0.4) is 0 Å². The summed E-state index contributed by atoms with van der Waals surface area (Å²) in [6.07, 6.45) is 5.33. The van der Waals surface area contributed by atoms with E-state index >= 15 is 0 Å². The Bertz CT molecular complexity index is 489. The molecule has 0 spiro atoms. The third kappa shape index (κ3) is 3.02. The number of hydrogen-bond acceptors (Lipinski definition) is 2. The van der Waals surface area contributed by atoms with Gasteiger partial charge in [0.1, 0.15) is 5.60 Å². The van der Waals surface area contributed by atoms with E-state index in [4.69, 9.17) is 0 Å². The standard InChI is InChI=1S/C15H15NO/c1-15(17,14-9-5-6-12-16-14)11-10-13-7-3-2-4-8-13/h2-12,17H,1H3/b11-10+/t15-/m0/s1. The lowest BCUT2D eigenvalue weighted by molar-refractivity contribution is 0.107. The van der Waals surface area contributed by atoms with Crippen LogP contribution < -0.4 is 0 Å². The molecule has 17 heavy (non-hydrogen) atoms. The molecule has 2 aromatic rings. The second-order valence-corrected chi connectivity index (χ2v) is 4.11. The second-order valence-electron chi connectivity index (χ2n) is 4.11. The molecular formula is C15H15NO. The van der Waals surface area contributed by atoms with Crippen LogP contribution >= 0.6 is 0 Å². The first-order valence-corrected chi connectivity index (χ1v) is 5.57. The smallest absolute Gasteiger partial charge is 0.122 e. The van der Waals surface area contributed by atoms with Crippen molar-refractivity contribution in [1.29, 1.82) is 0 Å². The molecule has 0 fully saturated rings. The average molecular weight is 225 g/mol. The SMILES string of the molecule is C[C@](O)(/C=C/c1ccccc1)c1ccccn1. The first-order valence-electron chi connectivity index (χ1n) is 5.57. The van der Waals surface area contributed by atoms with Crippen molar-refractivity contribution < 1.29 is 5.11 Å². The normalized spacial score (nSPS) is 14.7. The zero-order valence-electron chi connectivity index (χ0n) is 9.75. The van der Waals surface area contributed by atoms with Gasteiger partial charge in [-0.05, 0) is 30.7 Å². The van der Waals surface area contributed by atoms with Crippen molar-refractivity contribution in [1.82, 2.24) is 4.98 Å². The van der Waals surface area contributed by atoms with Gasteiger partial charge in [0.2, 0.25) is 0 Å². The zero-order valence-corrected chi connectivity index (χ0v) is 9.75. The highest BCUT2D eigenvalue weighted by atomic mass is 16.3. The summed E-state index contributed by atoms with van der Waals surface area (Å²) in [7, 11) is 0. The molecule has 86 valence electrons. The Morgan fingerprint density at radius 1 is 1.06 bits per heavy atom. The summed E-state index contributed by atoms with van der Waals surface area (Å²) in [5, 5.41) is 10.3. The van der Waals surface area contributed by atoms with E-state index in [1.54, 1.807) is 19.2 Å². The summed E-state index contributed by atoms with van der Waals surface area (Å²) in [5.41, 5.74) is 0.660. The topological polar surface area (TPSA) is 33.1 Å².